The lowest BCUT2D eigenvalue weighted by molar-refractivity contribution is -0.144. The van der Waals surface area contributed by atoms with E-state index in [1.165, 1.54) is 0 Å². The number of hydrogen-bond acceptors (Lipinski definition) is 5. The quantitative estimate of drug-likeness (QED) is 0.222. The topological polar surface area (TPSA) is 85.1 Å². The van der Waals surface area contributed by atoms with Crippen LogP contribution in [0.15, 0.2) is 72.9 Å². The molecule has 1 rings (SSSR count). The first-order chi connectivity index (χ1) is 13.2. The van der Waals surface area contributed by atoms with Crippen LogP contribution in [0.5, 0.6) is 0 Å². The molecule has 1 heterocycles. The highest BCUT2D eigenvalue weighted by Crippen LogP contribution is 2.27. The molecule has 5 heteroatoms. The van der Waals surface area contributed by atoms with Gasteiger partial charge in [0.15, 0.2) is 0 Å². The number of aliphatic hydroxyl groups is 1. The smallest absolute Gasteiger partial charge is 0.324 e. The summed E-state index contributed by atoms with van der Waals surface area (Å²) in [7, 11) is 0. The zero-order valence-electron chi connectivity index (χ0n) is 15.9. The molecule has 0 spiro atoms. The molecule has 0 aromatic heterocycles. The molecule has 0 bridgehead atoms. The Hall–Kier alpha value is -2.21. The number of aliphatic hydroxyl groups excluding tert-OH is 1. The summed E-state index contributed by atoms with van der Waals surface area (Å²) < 4.78 is 5.41. The Bertz CT molecular complexity index is 587. The summed E-state index contributed by atoms with van der Waals surface area (Å²) in [6, 6.07) is 0. The fraction of sp³-hybridized carbons (Fsp3) is 0.409. The molecule has 1 aliphatic rings. The van der Waals surface area contributed by atoms with Gasteiger partial charge in [0.2, 0.25) is 0 Å². The molecular formula is C22H31NO4. The fourth-order valence-electron chi connectivity index (χ4n) is 2.25. The molecule has 2 unspecified atom stereocenters. The van der Waals surface area contributed by atoms with Crippen LogP contribution < -0.4 is 5.90 Å². The van der Waals surface area contributed by atoms with Crippen LogP contribution in [0.3, 0.4) is 0 Å². The van der Waals surface area contributed by atoms with Gasteiger partial charge in [0.1, 0.15) is 6.10 Å². The molecule has 1 aliphatic heterocycles. The van der Waals surface area contributed by atoms with Crippen LogP contribution in [0.1, 0.15) is 39.0 Å². The summed E-state index contributed by atoms with van der Waals surface area (Å²) in [5.41, 5.74) is 0. The SMILES string of the molecule is CC/C=C\C[C@H](O)/C=C/C=C\C\C=C/C=C/C=C/C1OC1CCC(=O)ON. The average molecular weight is 373 g/mol. The maximum Gasteiger partial charge on any atom is 0.324 e. The van der Waals surface area contributed by atoms with E-state index in [-0.39, 0.29) is 18.6 Å². The van der Waals surface area contributed by atoms with E-state index in [1.807, 2.05) is 60.8 Å². The predicted molar refractivity (Wildman–Crippen MR) is 109 cm³/mol. The van der Waals surface area contributed by atoms with E-state index in [1.54, 1.807) is 6.08 Å². The Morgan fingerprint density at radius 1 is 1.11 bits per heavy atom. The number of rotatable bonds is 13. The van der Waals surface area contributed by atoms with Gasteiger partial charge in [-0.25, -0.2) is 0 Å². The lowest BCUT2D eigenvalue weighted by Gasteiger charge is -1.98. The van der Waals surface area contributed by atoms with Gasteiger partial charge in [-0.3, -0.25) is 4.79 Å². The molecule has 0 aromatic carbocycles. The van der Waals surface area contributed by atoms with E-state index in [4.69, 9.17) is 10.6 Å². The van der Waals surface area contributed by atoms with E-state index >= 15 is 0 Å². The maximum absolute atomic E-state index is 10.9. The van der Waals surface area contributed by atoms with Gasteiger partial charge in [-0.15, -0.1) is 0 Å². The second kappa shape index (κ2) is 14.9. The third-order valence-corrected chi connectivity index (χ3v) is 3.79. The van der Waals surface area contributed by atoms with Gasteiger partial charge in [-0.2, -0.15) is 5.90 Å². The first kappa shape index (κ1) is 22.8. The lowest BCUT2D eigenvalue weighted by Crippen LogP contribution is -2.10. The summed E-state index contributed by atoms with van der Waals surface area (Å²) in [5, 5.41) is 9.69. The van der Waals surface area contributed by atoms with Gasteiger partial charge < -0.3 is 14.7 Å². The van der Waals surface area contributed by atoms with Crippen LogP contribution in [-0.2, 0) is 14.4 Å². The van der Waals surface area contributed by atoms with Gasteiger partial charge in [0.25, 0.3) is 0 Å². The number of epoxide rings is 1. The average Bonchev–Trinajstić information content (AvgIpc) is 3.42. The highest BCUT2D eigenvalue weighted by atomic mass is 16.7. The van der Waals surface area contributed by atoms with Crippen molar-refractivity contribution < 1.29 is 19.5 Å². The third-order valence-electron chi connectivity index (χ3n) is 3.79. The highest BCUT2D eigenvalue weighted by molar-refractivity contribution is 5.68. The van der Waals surface area contributed by atoms with E-state index < -0.39 is 12.1 Å². The molecular weight excluding hydrogens is 342 g/mol. The lowest BCUT2D eigenvalue weighted by atomic mass is 10.2. The van der Waals surface area contributed by atoms with Crippen LogP contribution in [0, 0.1) is 0 Å². The van der Waals surface area contributed by atoms with E-state index in [9.17, 15) is 9.90 Å². The van der Waals surface area contributed by atoms with Gasteiger partial charge in [0.05, 0.1) is 12.2 Å². The Balaban J connectivity index is 2.08. The normalized spacial score (nSPS) is 21.6. The van der Waals surface area contributed by atoms with Crippen molar-refractivity contribution in [3.8, 4) is 0 Å². The number of carbonyl (C=O) groups excluding carboxylic acids is 1. The Morgan fingerprint density at radius 2 is 1.85 bits per heavy atom. The molecule has 0 amide bonds. The summed E-state index contributed by atoms with van der Waals surface area (Å²) in [4.78, 5) is 15.0. The van der Waals surface area contributed by atoms with E-state index in [2.05, 4.69) is 17.8 Å². The minimum atomic E-state index is -0.424. The van der Waals surface area contributed by atoms with E-state index in [0.717, 1.165) is 12.8 Å². The van der Waals surface area contributed by atoms with Gasteiger partial charge in [0, 0.05) is 6.42 Å². The Morgan fingerprint density at radius 3 is 2.59 bits per heavy atom. The Kier molecular flexibility index (Phi) is 12.6. The molecule has 1 saturated heterocycles. The van der Waals surface area contributed by atoms with Crippen molar-refractivity contribution in [1.29, 1.82) is 0 Å². The predicted octanol–water partition coefficient (Wildman–Crippen LogP) is 3.84. The second-order valence-corrected chi connectivity index (χ2v) is 6.10. The van der Waals surface area contributed by atoms with E-state index in [0.29, 0.717) is 12.8 Å². The number of allylic oxidation sites excluding steroid dienone is 9. The molecule has 27 heavy (non-hydrogen) atoms. The molecule has 0 radical (unpaired) electrons. The summed E-state index contributed by atoms with van der Waals surface area (Å²) in [6.45, 7) is 2.07. The van der Waals surface area contributed by atoms with Crippen LogP contribution in [0.4, 0.5) is 0 Å². The first-order valence-corrected chi connectivity index (χ1v) is 9.38. The van der Waals surface area contributed by atoms with Gasteiger partial charge in [-0.05, 0) is 25.7 Å². The molecule has 3 atom stereocenters. The highest BCUT2D eigenvalue weighted by Gasteiger charge is 2.36. The monoisotopic (exact) mass is 373 g/mol. The maximum atomic E-state index is 10.9. The first-order valence-electron chi connectivity index (χ1n) is 9.38. The van der Waals surface area contributed by atoms with Crippen LogP contribution in [0.25, 0.3) is 0 Å². The van der Waals surface area contributed by atoms with Crippen molar-refractivity contribution in [2.24, 2.45) is 5.90 Å². The van der Waals surface area contributed by atoms with Crippen LogP contribution in [-0.4, -0.2) is 29.4 Å². The van der Waals surface area contributed by atoms with Crippen molar-refractivity contribution in [2.75, 3.05) is 0 Å². The van der Waals surface area contributed by atoms with Crippen molar-refractivity contribution in [2.45, 2.75) is 57.3 Å². The minimum absolute atomic E-state index is 0.0757. The molecule has 1 fully saturated rings. The number of carbonyl (C=O) groups is 1. The molecule has 5 nitrogen and oxygen atoms in total. The summed E-state index contributed by atoms with van der Waals surface area (Å²) >= 11 is 0. The van der Waals surface area contributed by atoms with Crippen molar-refractivity contribution in [1.82, 2.24) is 0 Å². The van der Waals surface area contributed by atoms with Crippen molar-refractivity contribution in [3.63, 3.8) is 0 Å². The van der Waals surface area contributed by atoms with Crippen molar-refractivity contribution in [3.05, 3.63) is 72.9 Å². The number of ether oxygens (including phenoxy) is 1. The summed E-state index contributed by atoms with van der Waals surface area (Å²) in [5.74, 6) is 4.36. The third kappa shape index (κ3) is 12.7. The molecule has 148 valence electrons. The Labute approximate surface area is 162 Å². The number of nitrogens with two attached hydrogens (primary N) is 1. The minimum Gasteiger partial charge on any atom is -0.389 e. The van der Waals surface area contributed by atoms with Gasteiger partial charge in [-0.1, -0.05) is 79.8 Å². The second-order valence-electron chi connectivity index (χ2n) is 6.10. The molecule has 3 N–H and O–H groups in total. The zero-order chi connectivity index (χ0) is 19.7. The number of hydrogen-bond donors (Lipinski definition) is 2. The summed E-state index contributed by atoms with van der Waals surface area (Å²) in [6.07, 6.45) is 26.6. The van der Waals surface area contributed by atoms with Crippen molar-refractivity contribution >= 4 is 5.97 Å². The molecule has 0 saturated carbocycles. The molecule has 0 aromatic rings. The van der Waals surface area contributed by atoms with Crippen LogP contribution >= 0.6 is 0 Å². The fourth-order valence-corrected chi connectivity index (χ4v) is 2.25. The zero-order valence-corrected chi connectivity index (χ0v) is 15.9. The molecule has 0 aliphatic carbocycles. The standard InChI is InChI=1S/C22H31NO4/c1-2-3-11-14-19(24)15-12-9-7-5-4-6-8-10-13-16-20-21(26-20)17-18-22(25)27-23/h3-4,6-13,15-16,19-21,24H,2,5,14,17-18,23H2,1H3/b6-4-,9-7-,10-8+,11-3-,15-12+,16-13+/t19-,20?,21?/m0/s1. The van der Waals surface area contributed by atoms with Gasteiger partial charge >= 0.3 is 5.97 Å². The van der Waals surface area contributed by atoms with Crippen LogP contribution in [0.2, 0.25) is 0 Å². The largest absolute Gasteiger partial charge is 0.389 e.